The topological polar surface area (TPSA) is 80.9 Å². The number of benzene rings is 2. The Balaban J connectivity index is 1.82. The first-order valence-electron chi connectivity index (χ1n) is 15.0. The first kappa shape index (κ1) is 33.1. The number of nitrogens with zero attached hydrogens (tertiary/aromatic N) is 2. The molecule has 0 atom stereocenters. The van der Waals surface area contributed by atoms with Crippen molar-refractivity contribution >= 4 is 25.2 Å². The molecule has 0 unspecified atom stereocenters. The summed E-state index contributed by atoms with van der Waals surface area (Å²) < 4.78 is 26.3. The second kappa shape index (κ2) is 13.0. The van der Waals surface area contributed by atoms with Gasteiger partial charge < -0.3 is 27.8 Å². The zero-order valence-electron chi connectivity index (χ0n) is 27.8. The summed E-state index contributed by atoms with van der Waals surface area (Å²) in [5.74, 6) is 0.581. The molecule has 0 bridgehead atoms. The normalized spacial score (nSPS) is 12.0. The molecule has 4 aromatic rings. The number of rotatable bonds is 11. The maximum atomic E-state index is 13.9. The van der Waals surface area contributed by atoms with Crippen molar-refractivity contribution in [2.45, 2.75) is 65.2 Å². The summed E-state index contributed by atoms with van der Waals surface area (Å²) in [7, 11) is 4.71. The molecule has 2 heterocycles. The molecule has 0 aliphatic heterocycles. The Morgan fingerprint density at radius 3 is 2.27 bits per heavy atom. The van der Waals surface area contributed by atoms with Gasteiger partial charge in [0.25, 0.3) is 5.56 Å². The van der Waals surface area contributed by atoms with Crippen LogP contribution in [0.5, 0.6) is 11.5 Å². The van der Waals surface area contributed by atoms with Crippen LogP contribution in [0.15, 0.2) is 53.3 Å². The summed E-state index contributed by atoms with van der Waals surface area (Å²) in [5, 5.41) is 1.24. The highest BCUT2D eigenvalue weighted by molar-refractivity contribution is 6.74. The average molecular weight is 619 g/mol. The van der Waals surface area contributed by atoms with E-state index in [1.807, 2.05) is 25.1 Å². The highest BCUT2D eigenvalue weighted by Crippen LogP contribution is 2.37. The van der Waals surface area contributed by atoms with Gasteiger partial charge in [-0.2, -0.15) is 0 Å². The van der Waals surface area contributed by atoms with Crippen LogP contribution in [0.1, 0.15) is 54.9 Å². The van der Waals surface area contributed by atoms with Gasteiger partial charge in [0.2, 0.25) is 0 Å². The summed E-state index contributed by atoms with van der Waals surface area (Å²) >= 11 is 0. The first-order valence-corrected chi connectivity index (χ1v) is 18.0. The number of hydrogen-bond acceptors (Lipinski definition) is 6. The van der Waals surface area contributed by atoms with Crippen molar-refractivity contribution in [3.63, 3.8) is 0 Å². The van der Waals surface area contributed by atoms with E-state index in [1.54, 1.807) is 30.9 Å². The molecule has 4 rings (SSSR count). The molecular formula is C35H46N2O6Si. The van der Waals surface area contributed by atoms with E-state index in [1.165, 1.54) is 12.8 Å². The second-order valence-corrected chi connectivity index (χ2v) is 17.5. The number of carbonyl (C=O) groups excluding carboxylic acids is 1. The fourth-order valence-corrected chi connectivity index (χ4v) is 6.36. The molecule has 2 aromatic carbocycles. The largest absolute Gasteiger partial charge is 0.497 e. The van der Waals surface area contributed by atoms with E-state index in [2.05, 4.69) is 63.7 Å². The predicted molar refractivity (Wildman–Crippen MR) is 179 cm³/mol. The van der Waals surface area contributed by atoms with E-state index >= 15 is 0 Å². The highest BCUT2D eigenvalue weighted by atomic mass is 28.4. The van der Waals surface area contributed by atoms with Gasteiger partial charge in [-0.3, -0.25) is 4.79 Å². The maximum Gasteiger partial charge on any atom is 0.343 e. The Labute approximate surface area is 261 Å². The van der Waals surface area contributed by atoms with E-state index in [4.69, 9.17) is 18.6 Å². The molecule has 2 aromatic heterocycles. The predicted octanol–water partition coefficient (Wildman–Crippen LogP) is 6.99. The van der Waals surface area contributed by atoms with Gasteiger partial charge in [0.1, 0.15) is 17.1 Å². The van der Waals surface area contributed by atoms with Gasteiger partial charge in [0.05, 0.1) is 33.6 Å². The van der Waals surface area contributed by atoms with Gasteiger partial charge in [-0.25, -0.2) is 4.79 Å². The van der Waals surface area contributed by atoms with Crippen LogP contribution >= 0.6 is 0 Å². The number of fused-ring (bicyclic) bond motifs is 1. The van der Waals surface area contributed by atoms with Crippen LogP contribution in [-0.2, 0) is 35.6 Å². The zero-order valence-corrected chi connectivity index (χ0v) is 28.8. The van der Waals surface area contributed by atoms with Gasteiger partial charge >= 0.3 is 5.97 Å². The summed E-state index contributed by atoms with van der Waals surface area (Å²) in [5.41, 5.74) is 5.19. The standard InChI is InChI=1S/C35H46N2O6Si/c1-11-23-20-29(34(39)42-8)33(38)37(22-25-12-14-28(40-6)21-31(25)41-7)32(23)24-13-15-30-26(18-24)19-27(36(30)5)16-17-43-44(9,10)35(2,3)4/h12-15,18-21H,11,16-17,22H2,1-10H3. The molecule has 9 heteroatoms. The number of hydrogen-bond donors (Lipinski definition) is 0. The third kappa shape index (κ3) is 6.49. The van der Waals surface area contributed by atoms with Crippen molar-refractivity contribution in [1.82, 2.24) is 9.13 Å². The Hall–Kier alpha value is -3.82. The molecule has 0 fully saturated rings. The number of carbonyl (C=O) groups is 1. The van der Waals surface area contributed by atoms with Gasteiger partial charge in [0, 0.05) is 48.3 Å². The Kier molecular flexibility index (Phi) is 9.80. The van der Waals surface area contributed by atoms with Crippen molar-refractivity contribution in [2.24, 2.45) is 7.05 Å². The second-order valence-electron chi connectivity index (χ2n) is 12.7. The summed E-state index contributed by atoms with van der Waals surface area (Å²) in [6.45, 7) is 14.2. The van der Waals surface area contributed by atoms with Crippen molar-refractivity contribution in [1.29, 1.82) is 0 Å². The third-order valence-corrected chi connectivity index (χ3v) is 13.6. The van der Waals surface area contributed by atoms with E-state index in [9.17, 15) is 9.59 Å². The minimum Gasteiger partial charge on any atom is -0.497 e. The zero-order chi connectivity index (χ0) is 32.4. The third-order valence-electron chi connectivity index (χ3n) is 9.02. The molecule has 8 nitrogen and oxygen atoms in total. The lowest BCUT2D eigenvalue weighted by molar-refractivity contribution is 0.0598. The molecule has 0 amide bonds. The Morgan fingerprint density at radius 1 is 0.932 bits per heavy atom. The minimum atomic E-state index is -1.84. The van der Waals surface area contributed by atoms with Gasteiger partial charge in [-0.1, -0.05) is 33.8 Å². The van der Waals surface area contributed by atoms with Crippen LogP contribution in [0.2, 0.25) is 18.1 Å². The SMILES string of the molecule is CCc1cc(C(=O)OC)c(=O)n(Cc2ccc(OC)cc2OC)c1-c1ccc2c(c1)cc(CCO[Si](C)(C)C(C)(C)C)n2C. The van der Waals surface area contributed by atoms with Gasteiger partial charge in [0.15, 0.2) is 8.32 Å². The number of methoxy groups -OCH3 is 3. The monoisotopic (exact) mass is 618 g/mol. The number of pyridine rings is 1. The van der Waals surface area contributed by atoms with Crippen LogP contribution in [0.25, 0.3) is 22.2 Å². The number of aryl methyl sites for hydroxylation is 2. The van der Waals surface area contributed by atoms with E-state index in [0.717, 1.165) is 39.7 Å². The number of ether oxygens (including phenoxy) is 3. The molecule has 0 saturated heterocycles. The quantitative estimate of drug-likeness (QED) is 0.133. The summed E-state index contributed by atoms with van der Waals surface area (Å²) in [6, 6.07) is 15.6. The molecule has 0 aliphatic rings. The lowest BCUT2D eigenvalue weighted by Crippen LogP contribution is -2.41. The van der Waals surface area contributed by atoms with Gasteiger partial charge in [-0.15, -0.1) is 0 Å². The van der Waals surface area contributed by atoms with Crippen molar-refractivity contribution in [3.05, 3.63) is 81.3 Å². The van der Waals surface area contributed by atoms with Crippen LogP contribution in [0.3, 0.4) is 0 Å². The van der Waals surface area contributed by atoms with Crippen LogP contribution in [0, 0.1) is 0 Å². The van der Waals surface area contributed by atoms with Gasteiger partial charge in [-0.05, 0) is 72.1 Å². The van der Waals surface area contributed by atoms with Crippen molar-refractivity contribution < 1.29 is 23.4 Å². The average Bonchev–Trinajstić information content (AvgIpc) is 3.31. The van der Waals surface area contributed by atoms with E-state index in [-0.39, 0.29) is 17.1 Å². The number of aromatic nitrogens is 2. The summed E-state index contributed by atoms with van der Waals surface area (Å²) in [4.78, 5) is 26.6. The first-order chi connectivity index (χ1) is 20.8. The summed E-state index contributed by atoms with van der Waals surface area (Å²) in [6.07, 6.45) is 1.42. The Bertz CT molecular complexity index is 1730. The Morgan fingerprint density at radius 2 is 1.66 bits per heavy atom. The minimum absolute atomic E-state index is 0.00499. The fourth-order valence-electron chi connectivity index (χ4n) is 5.32. The smallest absolute Gasteiger partial charge is 0.343 e. The van der Waals surface area contributed by atoms with Crippen molar-refractivity contribution in [2.75, 3.05) is 27.9 Å². The van der Waals surface area contributed by atoms with Crippen LogP contribution in [0.4, 0.5) is 0 Å². The van der Waals surface area contributed by atoms with Crippen LogP contribution in [-0.4, -0.2) is 51.4 Å². The van der Waals surface area contributed by atoms with Crippen molar-refractivity contribution in [3.8, 4) is 22.8 Å². The molecule has 0 saturated carbocycles. The molecule has 0 aliphatic carbocycles. The van der Waals surface area contributed by atoms with E-state index in [0.29, 0.717) is 24.5 Å². The highest BCUT2D eigenvalue weighted by Gasteiger charge is 2.37. The molecule has 44 heavy (non-hydrogen) atoms. The fraction of sp³-hybridized carbons (Fsp3) is 0.429. The maximum absolute atomic E-state index is 13.9. The van der Waals surface area contributed by atoms with E-state index < -0.39 is 19.8 Å². The van der Waals surface area contributed by atoms with Crippen LogP contribution < -0.4 is 15.0 Å². The molecular weight excluding hydrogens is 572 g/mol. The molecule has 0 spiro atoms. The number of esters is 1. The lowest BCUT2D eigenvalue weighted by Gasteiger charge is -2.36. The molecule has 0 radical (unpaired) electrons. The molecule has 236 valence electrons. The lowest BCUT2D eigenvalue weighted by atomic mass is 9.99. The molecule has 0 N–H and O–H groups in total.